The van der Waals surface area contributed by atoms with E-state index in [9.17, 15) is 5.11 Å². The molecule has 0 radical (unpaired) electrons. The van der Waals surface area contributed by atoms with Gasteiger partial charge in [0, 0.05) is 0 Å². The Morgan fingerprint density at radius 2 is 1.70 bits per heavy atom. The maximum absolute atomic E-state index is 11.0. The van der Waals surface area contributed by atoms with E-state index in [1.807, 2.05) is 0 Å². The first kappa shape index (κ1) is 14.1. The molecule has 0 atom stereocenters. The van der Waals surface area contributed by atoms with Gasteiger partial charge >= 0.3 is 51.4 Å². The van der Waals surface area contributed by atoms with Gasteiger partial charge in [-0.3, -0.25) is 0 Å². The van der Waals surface area contributed by atoms with E-state index < -0.39 is 5.60 Å². The van der Waals surface area contributed by atoms with Crippen LogP contribution in [0.3, 0.4) is 0 Å². The standard InChI is InChI=1S/C8H17O.K/c1-4-5-6-7-8(2,3)9;/h4-7H2,1-3H3;/q-1;+1. The van der Waals surface area contributed by atoms with Crippen LogP contribution in [0.5, 0.6) is 0 Å². The molecule has 0 aliphatic heterocycles. The molecule has 0 aliphatic rings. The fourth-order valence-electron chi connectivity index (χ4n) is 0.801. The summed E-state index contributed by atoms with van der Waals surface area (Å²) in [6.45, 7) is 5.66. The Balaban J connectivity index is 0. The number of hydrogen-bond donors (Lipinski definition) is 0. The minimum atomic E-state index is -0.699. The maximum Gasteiger partial charge on any atom is 1.00 e. The Kier molecular flexibility index (Phi) is 10.3. The summed E-state index contributed by atoms with van der Waals surface area (Å²) in [6, 6.07) is 0. The van der Waals surface area contributed by atoms with Crippen molar-refractivity contribution in [2.45, 2.75) is 52.1 Å². The Morgan fingerprint density at radius 1 is 1.20 bits per heavy atom. The molecule has 0 spiro atoms. The predicted molar refractivity (Wildman–Crippen MR) is 38.2 cm³/mol. The number of unbranched alkanes of at least 4 members (excludes halogenated alkanes) is 2. The molecule has 0 amide bonds. The van der Waals surface area contributed by atoms with Crippen molar-refractivity contribution in [1.82, 2.24) is 0 Å². The molecule has 0 saturated heterocycles. The summed E-state index contributed by atoms with van der Waals surface area (Å²) in [4.78, 5) is 0. The second-order valence-electron chi connectivity index (χ2n) is 3.22. The fourth-order valence-corrected chi connectivity index (χ4v) is 0.801. The summed E-state index contributed by atoms with van der Waals surface area (Å²) < 4.78 is 0. The minimum Gasteiger partial charge on any atom is -0.850 e. The molecular formula is C8H17KO. The van der Waals surface area contributed by atoms with Crippen LogP contribution < -0.4 is 56.5 Å². The van der Waals surface area contributed by atoms with Crippen molar-refractivity contribution in [2.75, 3.05) is 0 Å². The number of hydrogen-bond acceptors (Lipinski definition) is 1. The molecule has 0 fully saturated rings. The zero-order chi connectivity index (χ0) is 7.33. The van der Waals surface area contributed by atoms with Gasteiger partial charge in [0.1, 0.15) is 0 Å². The van der Waals surface area contributed by atoms with Crippen LogP contribution >= 0.6 is 0 Å². The molecule has 2 heteroatoms. The number of rotatable bonds is 4. The zero-order valence-electron chi connectivity index (χ0n) is 7.74. The van der Waals surface area contributed by atoms with Crippen LogP contribution in [0.4, 0.5) is 0 Å². The molecule has 0 saturated carbocycles. The molecule has 0 heterocycles. The van der Waals surface area contributed by atoms with E-state index in [2.05, 4.69) is 6.92 Å². The molecule has 1 nitrogen and oxygen atoms in total. The van der Waals surface area contributed by atoms with Crippen molar-refractivity contribution in [3.8, 4) is 0 Å². The van der Waals surface area contributed by atoms with Crippen LogP contribution in [0.15, 0.2) is 0 Å². The third kappa shape index (κ3) is 12.3. The SMILES string of the molecule is CCCCCC(C)(C)[O-].[K+]. The van der Waals surface area contributed by atoms with Gasteiger partial charge in [0.25, 0.3) is 0 Å². The van der Waals surface area contributed by atoms with Gasteiger partial charge in [-0.2, -0.15) is 0 Å². The van der Waals surface area contributed by atoms with Crippen LogP contribution in [0.25, 0.3) is 0 Å². The van der Waals surface area contributed by atoms with E-state index in [1.54, 1.807) is 13.8 Å². The first-order chi connectivity index (χ1) is 4.06. The molecule has 10 heavy (non-hydrogen) atoms. The largest absolute Gasteiger partial charge is 1.00 e. The zero-order valence-corrected chi connectivity index (χ0v) is 10.9. The summed E-state index contributed by atoms with van der Waals surface area (Å²) in [7, 11) is 0. The molecule has 0 aromatic heterocycles. The fraction of sp³-hybridized carbons (Fsp3) is 1.00. The first-order valence-electron chi connectivity index (χ1n) is 3.76. The van der Waals surface area contributed by atoms with Crippen molar-refractivity contribution < 1.29 is 56.5 Å². The molecule has 0 unspecified atom stereocenters. The average molecular weight is 168 g/mol. The third-order valence-corrected chi connectivity index (χ3v) is 1.38. The van der Waals surface area contributed by atoms with E-state index in [0.717, 1.165) is 12.8 Å². The van der Waals surface area contributed by atoms with Crippen LogP contribution in [0.1, 0.15) is 46.5 Å². The molecule has 0 rings (SSSR count). The Labute approximate surface area is 107 Å². The first-order valence-corrected chi connectivity index (χ1v) is 3.76. The molecule has 0 N–H and O–H groups in total. The van der Waals surface area contributed by atoms with Gasteiger partial charge in [0.05, 0.1) is 0 Å². The summed E-state index contributed by atoms with van der Waals surface area (Å²) in [6.07, 6.45) is 4.32. The van der Waals surface area contributed by atoms with Gasteiger partial charge in [0.15, 0.2) is 0 Å². The summed E-state index contributed by atoms with van der Waals surface area (Å²) in [5, 5.41) is 11.0. The minimum absolute atomic E-state index is 0. The van der Waals surface area contributed by atoms with E-state index in [1.165, 1.54) is 12.8 Å². The summed E-state index contributed by atoms with van der Waals surface area (Å²) in [5.41, 5.74) is -0.699. The van der Waals surface area contributed by atoms with Gasteiger partial charge in [-0.1, -0.05) is 46.5 Å². The van der Waals surface area contributed by atoms with Crippen molar-refractivity contribution in [3.63, 3.8) is 0 Å². The summed E-state index contributed by atoms with van der Waals surface area (Å²) in [5.74, 6) is 0. The molecule has 56 valence electrons. The van der Waals surface area contributed by atoms with E-state index in [4.69, 9.17) is 0 Å². The topological polar surface area (TPSA) is 23.1 Å². The van der Waals surface area contributed by atoms with Crippen molar-refractivity contribution >= 4 is 0 Å². The van der Waals surface area contributed by atoms with E-state index in [-0.39, 0.29) is 51.4 Å². The van der Waals surface area contributed by atoms with Gasteiger partial charge < -0.3 is 5.11 Å². The van der Waals surface area contributed by atoms with Crippen LogP contribution in [0.2, 0.25) is 0 Å². The van der Waals surface area contributed by atoms with Crippen molar-refractivity contribution in [2.24, 2.45) is 0 Å². The Morgan fingerprint density at radius 3 is 2.00 bits per heavy atom. The third-order valence-electron chi connectivity index (χ3n) is 1.38. The van der Waals surface area contributed by atoms with E-state index in [0.29, 0.717) is 0 Å². The monoisotopic (exact) mass is 168 g/mol. The van der Waals surface area contributed by atoms with Gasteiger partial charge in [0.2, 0.25) is 0 Å². The van der Waals surface area contributed by atoms with Gasteiger partial charge in [-0.15, -0.1) is 5.60 Å². The normalized spacial score (nSPS) is 10.8. The van der Waals surface area contributed by atoms with Crippen molar-refractivity contribution in [1.29, 1.82) is 0 Å². The molecule has 0 aromatic rings. The average Bonchev–Trinajstić information content (AvgIpc) is 1.63. The van der Waals surface area contributed by atoms with Crippen LogP contribution in [0, 0.1) is 0 Å². The van der Waals surface area contributed by atoms with Gasteiger partial charge in [-0.05, 0) is 0 Å². The quantitative estimate of drug-likeness (QED) is 0.378. The maximum atomic E-state index is 11.0. The smallest absolute Gasteiger partial charge is 0.850 e. The second-order valence-corrected chi connectivity index (χ2v) is 3.22. The second kappa shape index (κ2) is 7.26. The molecule has 0 aromatic carbocycles. The predicted octanol–water partition coefficient (Wildman–Crippen LogP) is -1.29. The Hall–Kier alpha value is 1.60. The summed E-state index contributed by atoms with van der Waals surface area (Å²) >= 11 is 0. The molecule has 0 aliphatic carbocycles. The van der Waals surface area contributed by atoms with Crippen LogP contribution in [-0.2, 0) is 0 Å². The Bertz CT molecular complexity index is 66.1. The molecular weight excluding hydrogens is 151 g/mol. The van der Waals surface area contributed by atoms with E-state index >= 15 is 0 Å². The van der Waals surface area contributed by atoms with Crippen LogP contribution in [-0.4, -0.2) is 5.60 Å². The van der Waals surface area contributed by atoms with Gasteiger partial charge in [-0.25, -0.2) is 0 Å². The van der Waals surface area contributed by atoms with Crippen molar-refractivity contribution in [3.05, 3.63) is 0 Å². The molecule has 0 bridgehead atoms.